The van der Waals surface area contributed by atoms with Gasteiger partial charge in [-0.2, -0.15) is 0 Å². The average molecular weight is 322 g/mol. The number of nitrogens with zero attached hydrogens (tertiary/aromatic N) is 3. The third kappa shape index (κ3) is 3.17. The van der Waals surface area contributed by atoms with Crippen molar-refractivity contribution < 1.29 is 4.79 Å². The summed E-state index contributed by atoms with van der Waals surface area (Å²) in [4.78, 5) is 23.7. The first-order valence-electron chi connectivity index (χ1n) is 8.61. The predicted octanol–water partition coefficient (Wildman–Crippen LogP) is 2.30. The number of fused-ring (bicyclic) bond motifs is 2. The lowest BCUT2D eigenvalue weighted by Gasteiger charge is -2.24. The van der Waals surface area contributed by atoms with Crippen LogP contribution in [0, 0.1) is 6.92 Å². The van der Waals surface area contributed by atoms with Gasteiger partial charge in [-0.3, -0.25) is 4.79 Å². The molecule has 1 aromatic carbocycles. The number of carbonyl (C=O) groups is 1. The molecule has 0 aliphatic carbocycles. The molecule has 0 radical (unpaired) electrons. The van der Waals surface area contributed by atoms with E-state index in [9.17, 15) is 4.79 Å². The van der Waals surface area contributed by atoms with Gasteiger partial charge in [-0.1, -0.05) is 30.3 Å². The minimum atomic E-state index is 0.209. The van der Waals surface area contributed by atoms with Gasteiger partial charge in [0.05, 0.1) is 12.2 Å². The Morgan fingerprint density at radius 2 is 1.96 bits per heavy atom. The molecule has 5 nitrogen and oxygen atoms in total. The Morgan fingerprint density at radius 3 is 2.79 bits per heavy atom. The van der Waals surface area contributed by atoms with Crippen molar-refractivity contribution in [1.29, 1.82) is 0 Å². The zero-order chi connectivity index (χ0) is 16.5. The molecule has 124 valence electrons. The lowest BCUT2D eigenvalue weighted by Crippen LogP contribution is -2.37. The topological polar surface area (TPSA) is 58.1 Å². The average Bonchev–Trinajstić information content (AvgIpc) is 2.95. The molecule has 2 fully saturated rings. The van der Waals surface area contributed by atoms with Gasteiger partial charge in [0.1, 0.15) is 5.82 Å². The minimum Gasteiger partial charge on any atom is -0.334 e. The van der Waals surface area contributed by atoms with Crippen molar-refractivity contribution in [2.75, 3.05) is 6.54 Å². The van der Waals surface area contributed by atoms with Crippen LogP contribution in [-0.4, -0.2) is 39.4 Å². The Morgan fingerprint density at radius 1 is 1.17 bits per heavy atom. The first-order chi connectivity index (χ1) is 11.7. The highest BCUT2D eigenvalue weighted by Crippen LogP contribution is 2.23. The van der Waals surface area contributed by atoms with Crippen LogP contribution >= 0.6 is 0 Å². The van der Waals surface area contributed by atoms with E-state index in [0.717, 1.165) is 42.2 Å². The molecule has 2 aliphatic heterocycles. The second-order valence-corrected chi connectivity index (χ2v) is 6.79. The largest absolute Gasteiger partial charge is 0.334 e. The lowest BCUT2D eigenvalue weighted by molar-refractivity contribution is -0.132. The van der Waals surface area contributed by atoms with Gasteiger partial charge >= 0.3 is 0 Å². The van der Waals surface area contributed by atoms with Crippen LogP contribution < -0.4 is 5.32 Å². The fourth-order valence-corrected chi connectivity index (χ4v) is 3.70. The Labute approximate surface area is 142 Å². The highest BCUT2D eigenvalue weighted by Gasteiger charge is 2.33. The Bertz CT molecular complexity index is 746. The van der Waals surface area contributed by atoms with Crippen LogP contribution in [0.1, 0.15) is 30.8 Å². The summed E-state index contributed by atoms with van der Waals surface area (Å²) in [6, 6.07) is 12.9. The Kier molecular flexibility index (Phi) is 4.02. The second kappa shape index (κ2) is 6.32. The first-order valence-corrected chi connectivity index (χ1v) is 8.61. The van der Waals surface area contributed by atoms with Crippen LogP contribution in [0.2, 0.25) is 0 Å². The fourth-order valence-electron chi connectivity index (χ4n) is 3.70. The van der Waals surface area contributed by atoms with Crippen molar-refractivity contribution in [2.24, 2.45) is 0 Å². The molecule has 2 bridgehead atoms. The third-order valence-corrected chi connectivity index (χ3v) is 4.85. The molecule has 5 heteroatoms. The summed E-state index contributed by atoms with van der Waals surface area (Å²) < 4.78 is 0. The van der Waals surface area contributed by atoms with Gasteiger partial charge in [-0.25, -0.2) is 9.97 Å². The highest BCUT2D eigenvalue weighted by molar-refractivity contribution is 5.77. The van der Waals surface area contributed by atoms with E-state index in [1.807, 2.05) is 48.2 Å². The molecule has 0 saturated carbocycles. The quantitative estimate of drug-likeness (QED) is 0.942. The number of amides is 1. The molecule has 1 amide bonds. The summed E-state index contributed by atoms with van der Waals surface area (Å²) in [5, 5.41) is 3.54. The summed E-state index contributed by atoms with van der Waals surface area (Å²) in [6.45, 7) is 3.23. The number of hydrogen-bond acceptors (Lipinski definition) is 4. The SMILES string of the molecule is Cc1cc(-c2ccccc2)nc(CN2C[C@@H]3CC[C@H](CC2=O)N3)n1. The van der Waals surface area contributed by atoms with E-state index in [1.54, 1.807) is 0 Å². The van der Waals surface area contributed by atoms with E-state index in [4.69, 9.17) is 4.98 Å². The van der Waals surface area contributed by atoms with E-state index in [1.165, 1.54) is 0 Å². The van der Waals surface area contributed by atoms with Crippen LogP contribution in [0.25, 0.3) is 11.3 Å². The second-order valence-electron chi connectivity index (χ2n) is 6.79. The molecule has 24 heavy (non-hydrogen) atoms. The summed E-state index contributed by atoms with van der Waals surface area (Å²) in [5.74, 6) is 0.932. The summed E-state index contributed by atoms with van der Waals surface area (Å²) in [6.07, 6.45) is 2.86. The Hall–Kier alpha value is -2.27. The van der Waals surface area contributed by atoms with Gasteiger partial charge in [0, 0.05) is 36.3 Å². The number of hydrogen-bond donors (Lipinski definition) is 1. The molecule has 1 N–H and O–H groups in total. The number of nitrogens with one attached hydrogen (secondary N) is 1. The minimum absolute atomic E-state index is 0.209. The van der Waals surface area contributed by atoms with Crippen molar-refractivity contribution in [3.8, 4) is 11.3 Å². The highest BCUT2D eigenvalue weighted by atomic mass is 16.2. The molecule has 0 spiro atoms. The van der Waals surface area contributed by atoms with Gasteiger partial charge in [0.2, 0.25) is 5.91 Å². The number of likely N-dealkylation sites (tertiary alicyclic amines) is 1. The maximum absolute atomic E-state index is 12.5. The maximum Gasteiger partial charge on any atom is 0.224 e. The molecule has 4 rings (SSSR count). The normalized spacial score (nSPS) is 23.4. The van der Waals surface area contributed by atoms with Crippen molar-refractivity contribution in [1.82, 2.24) is 20.2 Å². The smallest absolute Gasteiger partial charge is 0.224 e. The maximum atomic E-state index is 12.5. The Balaban J connectivity index is 1.58. The van der Waals surface area contributed by atoms with Gasteiger partial charge in [0.25, 0.3) is 0 Å². The van der Waals surface area contributed by atoms with E-state index in [-0.39, 0.29) is 5.91 Å². The molecule has 3 heterocycles. The summed E-state index contributed by atoms with van der Waals surface area (Å²) in [7, 11) is 0. The van der Waals surface area contributed by atoms with Crippen molar-refractivity contribution in [3.05, 3.63) is 47.9 Å². The van der Waals surface area contributed by atoms with Crippen LogP contribution in [0.5, 0.6) is 0 Å². The molecule has 2 aliphatic rings. The monoisotopic (exact) mass is 322 g/mol. The number of carbonyl (C=O) groups excluding carboxylic acids is 1. The van der Waals surface area contributed by atoms with Gasteiger partial charge in [0.15, 0.2) is 0 Å². The molecule has 2 aromatic rings. The van der Waals surface area contributed by atoms with Crippen LogP contribution in [0.3, 0.4) is 0 Å². The zero-order valence-electron chi connectivity index (χ0n) is 13.9. The number of rotatable bonds is 3. The number of aromatic nitrogens is 2. The zero-order valence-corrected chi connectivity index (χ0v) is 13.9. The molecule has 2 saturated heterocycles. The van der Waals surface area contributed by atoms with Crippen molar-refractivity contribution in [2.45, 2.75) is 44.8 Å². The van der Waals surface area contributed by atoms with E-state index in [2.05, 4.69) is 10.3 Å². The number of benzene rings is 1. The lowest BCUT2D eigenvalue weighted by atomic mass is 10.1. The van der Waals surface area contributed by atoms with Crippen molar-refractivity contribution >= 4 is 5.91 Å². The van der Waals surface area contributed by atoms with Gasteiger partial charge in [-0.15, -0.1) is 0 Å². The summed E-state index contributed by atoms with van der Waals surface area (Å²) in [5.41, 5.74) is 2.92. The third-order valence-electron chi connectivity index (χ3n) is 4.85. The van der Waals surface area contributed by atoms with Gasteiger partial charge < -0.3 is 10.2 Å². The first kappa shape index (κ1) is 15.3. The summed E-state index contributed by atoms with van der Waals surface area (Å²) >= 11 is 0. The van der Waals surface area contributed by atoms with Crippen LogP contribution in [0.4, 0.5) is 0 Å². The van der Waals surface area contributed by atoms with Crippen LogP contribution in [0.15, 0.2) is 36.4 Å². The molecule has 1 aromatic heterocycles. The molecule has 2 atom stereocenters. The molecule has 0 unspecified atom stereocenters. The van der Waals surface area contributed by atoms with Gasteiger partial charge in [-0.05, 0) is 25.8 Å². The van der Waals surface area contributed by atoms with E-state index >= 15 is 0 Å². The predicted molar refractivity (Wildman–Crippen MR) is 92.2 cm³/mol. The van der Waals surface area contributed by atoms with E-state index in [0.29, 0.717) is 25.0 Å². The number of aryl methyl sites for hydroxylation is 1. The fraction of sp³-hybridized carbons (Fsp3) is 0.421. The van der Waals surface area contributed by atoms with Crippen molar-refractivity contribution in [3.63, 3.8) is 0 Å². The standard InChI is InChI=1S/C19H22N4O/c1-13-9-17(14-5-3-2-4-6-14)22-18(20-13)12-23-11-16-8-7-15(21-16)10-19(23)24/h2-6,9,15-16,21H,7-8,10-12H2,1H3/t15-,16+/m1/s1. The van der Waals surface area contributed by atoms with Crippen LogP contribution in [-0.2, 0) is 11.3 Å². The molecular weight excluding hydrogens is 300 g/mol. The van der Waals surface area contributed by atoms with E-state index < -0.39 is 0 Å². The molecular formula is C19H22N4O.